The van der Waals surface area contributed by atoms with E-state index in [4.69, 9.17) is 4.65 Å². The summed E-state index contributed by atoms with van der Waals surface area (Å²) in [5, 5.41) is 0. The van der Waals surface area contributed by atoms with Crippen LogP contribution >= 0.6 is 0 Å². The van der Waals surface area contributed by atoms with Gasteiger partial charge in [-0.2, -0.15) is 0 Å². The molecule has 116 valence electrons. The van der Waals surface area contributed by atoms with Gasteiger partial charge in [-0.25, -0.2) is 0 Å². The van der Waals surface area contributed by atoms with Crippen molar-refractivity contribution in [3.05, 3.63) is 23.8 Å². The van der Waals surface area contributed by atoms with Crippen LogP contribution in [0.5, 0.6) is 5.75 Å². The Bertz CT molecular complexity index is 459. The molecule has 3 heteroatoms. The van der Waals surface area contributed by atoms with Gasteiger partial charge in [0.2, 0.25) is 0 Å². The number of fused-ring (bicyclic) bond motifs is 1. The molecular formula is C18H30BNO. The predicted octanol–water partition coefficient (Wildman–Crippen LogP) is 3.97. The third-order valence-electron chi connectivity index (χ3n) is 4.31. The lowest BCUT2D eigenvalue weighted by molar-refractivity contribution is 0.349. The predicted molar refractivity (Wildman–Crippen MR) is 92.5 cm³/mol. The van der Waals surface area contributed by atoms with Gasteiger partial charge in [0.05, 0.1) is 5.75 Å². The summed E-state index contributed by atoms with van der Waals surface area (Å²) < 4.78 is 6.10. The molecule has 0 saturated heterocycles. The van der Waals surface area contributed by atoms with E-state index in [-0.39, 0.29) is 12.5 Å². The Kier molecular flexibility index (Phi) is 5.37. The third kappa shape index (κ3) is 3.82. The molecule has 2 nitrogen and oxygen atoms in total. The van der Waals surface area contributed by atoms with E-state index in [1.807, 2.05) is 0 Å². The summed E-state index contributed by atoms with van der Waals surface area (Å²) in [6, 6.07) is 6.77. The monoisotopic (exact) mass is 287 g/mol. The molecule has 1 aliphatic heterocycles. The number of hydrogen-bond donors (Lipinski definition) is 0. The van der Waals surface area contributed by atoms with Crippen LogP contribution in [0.3, 0.4) is 0 Å². The Balaban J connectivity index is 2.08. The van der Waals surface area contributed by atoms with Gasteiger partial charge in [-0.05, 0) is 43.0 Å². The van der Waals surface area contributed by atoms with E-state index in [1.54, 1.807) is 0 Å². The molecule has 0 aromatic heterocycles. The minimum Gasteiger partial charge on any atom is -0.542 e. The molecule has 0 aliphatic carbocycles. The van der Waals surface area contributed by atoms with Gasteiger partial charge in [-0.15, -0.1) is 0 Å². The molecule has 1 aromatic carbocycles. The van der Waals surface area contributed by atoms with Crippen molar-refractivity contribution in [2.45, 2.75) is 65.7 Å². The van der Waals surface area contributed by atoms with Gasteiger partial charge in [0.15, 0.2) is 0 Å². The topological polar surface area (TPSA) is 12.5 Å². The molecule has 0 fully saturated rings. The zero-order chi connectivity index (χ0) is 15.5. The standard InChI is InChI=1S/C18H30BNO/c1-6-8-12-20(13-9-7-2)19-16-11-10-15(18(3,4)5)14-17(16)21-19/h10-11,14H,6-9,12-13H2,1-5H3. The van der Waals surface area contributed by atoms with Crippen LogP contribution in [-0.4, -0.2) is 25.0 Å². The number of hydrogen-bond acceptors (Lipinski definition) is 2. The molecular weight excluding hydrogens is 257 g/mol. The van der Waals surface area contributed by atoms with Gasteiger partial charge in [-0.1, -0.05) is 59.6 Å². The largest absolute Gasteiger partial charge is 0.542 e. The highest BCUT2D eigenvalue weighted by molar-refractivity contribution is 6.70. The fourth-order valence-electron chi connectivity index (χ4n) is 2.77. The molecule has 0 unspecified atom stereocenters. The van der Waals surface area contributed by atoms with E-state index < -0.39 is 0 Å². The maximum atomic E-state index is 6.10. The smallest absolute Gasteiger partial charge is 0.489 e. The lowest BCUT2D eigenvalue weighted by Crippen LogP contribution is -2.60. The molecule has 1 heterocycles. The van der Waals surface area contributed by atoms with E-state index in [0.717, 1.165) is 18.8 Å². The highest BCUT2D eigenvalue weighted by Crippen LogP contribution is 2.29. The van der Waals surface area contributed by atoms with Gasteiger partial charge in [-0.3, -0.25) is 0 Å². The van der Waals surface area contributed by atoms with Crippen molar-refractivity contribution in [3.8, 4) is 5.75 Å². The zero-order valence-corrected chi connectivity index (χ0v) is 14.4. The van der Waals surface area contributed by atoms with Crippen molar-refractivity contribution in [1.82, 2.24) is 4.81 Å². The van der Waals surface area contributed by atoms with Crippen LogP contribution < -0.4 is 10.1 Å². The summed E-state index contributed by atoms with van der Waals surface area (Å²) in [5.41, 5.74) is 2.91. The van der Waals surface area contributed by atoms with E-state index in [1.165, 1.54) is 36.7 Å². The van der Waals surface area contributed by atoms with Gasteiger partial charge in [0, 0.05) is 5.46 Å². The number of unbranched alkanes of at least 4 members (excludes halogenated alkanes) is 2. The number of rotatable bonds is 7. The zero-order valence-electron chi connectivity index (χ0n) is 14.4. The highest BCUT2D eigenvalue weighted by Gasteiger charge is 2.40. The Morgan fingerprint density at radius 2 is 1.67 bits per heavy atom. The first-order chi connectivity index (χ1) is 9.97. The van der Waals surface area contributed by atoms with E-state index >= 15 is 0 Å². The van der Waals surface area contributed by atoms with E-state index in [2.05, 4.69) is 57.6 Å². The summed E-state index contributed by atoms with van der Waals surface area (Å²) in [6.07, 6.45) is 4.98. The molecule has 0 atom stereocenters. The van der Waals surface area contributed by atoms with Gasteiger partial charge >= 0.3 is 7.05 Å². The maximum Gasteiger partial charge on any atom is 0.489 e. The Labute approximate surface area is 131 Å². The average molecular weight is 287 g/mol. The molecule has 0 bridgehead atoms. The number of benzene rings is 1. The minimum absolute atomic E-state index is 0.187. The van der Waals surface area contributed by atoms with Crippen LogP contribution in [0.15, 0.2) is 18.2 Å². The second-order valence-electron chi connectivity index (χ2n) is 7.22. The molecule has 0 saturated carbocycles. The Morgan fingerprint density at radius 1 is 1.05 bits per heavy atom. The van der Waals surface area contributed by atoms with Gasteiger partial charge < -0.3 is 9.47 Å². The molecule has 0 N–H and O–H groups in total. The Hall–Kier alpha value is -0.955. The summed E-state index contributed by atoms with van der Waals surface area (Å²) in [4.78, 5) is 2.51. The first-order valence-corrected chi connectivity index (χ1v) is 8.52. The van der Waals surface area contributed by atoms with E-state index in [9.17, 15) is 0 Å². The first kappa shape index (κ1) is 16.4. The summed E-state index contributed by atoms with van der Waals surface area (Å²) in [7, 11) is 0.187. The molecule has 0 amide bonds. The number of nitrogens with zero attached hydrogens (tertiary/aromatic N) is 1. The average Bonchev–Trinajstić information content (AvgIpc) is 2.41. The molecule has 0 spiro atoms. The molecule has 2 rings (SSSR count). The van der Waals surface area contributed by atoms with Crippen molar-refractivity contribution in [1.29, 1.82) is 0 Å². The molecule has 0 radical (unpaired) electrons. The van der Waals surface area contributed by atoms with Crippen molar-refractivity contribution in [3.63, 3.8) is 0 Å². The van der Waals surface area contributed by atoms with Crippen molar-refractivity contribution in [2.75, 3.05) is 13.1 Å². The minimum atomic E-state index is 0.187. The lowest BCUT2D eigenvalue weighted by atomic mass is 9.64. The SMILES string of the molecule is CCCCN(CCCC)B1Oc2cc(C(C)(C)C)ccc21. The van der Waals surface area contributed by atoms with Crippen LogP contribution in [-0.2, 0) is 5.41 Å². The van der Waals surface area contributed by atoms with Crippen molar-refractivity contribution >= 4 is 12.5 Å². The first-order valence-electron chi connectivity index (χ1n) is 8.52. The van der Waals surface area contributed by atoms with Gasteiger partial charge in [0.1, 0.15) is 0 Å². The van der Waals surface area contributed by atoms with Crippen LogP contribution in [0.2, 0.25) is 0 Å². The van der Waals surface area contributed by atoms with Gasteiger partial charge in [0.25, 0.3) is 0 Å². The summed E-state index contributed by atoms with van der Waals surface area (Å²) >= 11 is 0. The summed E-state index contributed by atoms with van der Waals surface area (Å²) in [5.74, 6) is 1.09. The normalized spacial score (nSPS) is 13.9. The highest BCUT2D eigenvalue weighted by atomic mass is 16.5. The third-order valence-corrected chi connectivity index (χ3v) is 4.31. The van der Waals surface area contributed by atoms with E-state index in [0.29, 0.717) is 0 Å². The van der Waals surface area contributed by atoms with Crippen LogP contribution in [0, 0.1) is 0 Å². The van der Waals surface area contributed by atoms with Crippen molar-refractivity contribution < 1.29 is 4.65 Å². The fourth-order valence-corrected chi connectivity index (χ4v) is 2.77. The maximum absolute atomic E-state index is 6.10. The van der Waals surface area contributed by atoms with Crippen molar-refractivity contribution in [2.24, 2.45) is 0 Å². The van der Waals surface area contributed by atoms with Crippen LogP contribution in [0.25, 0.3) is 0 Å². The van der Waals surface area contributed by atoms with Crippen LogP contribution in [0.1, 0.15) is 65.9 Å². The second-order valence-corrected chi connectivity index (χ2v) is 7.22. The second kappa shape index (κ2) is 6.87. The fraction of sp³-hybridized carbons (Fsp3) is 0.667. The Morgan fingerprint density at radius 3 is 2.14 bits per heavy atom. The lowest BCUT2D eigenvalue weighted by Gasteiger charge is -2.37. The summed E-state index contributed by atoms with van der Waals surface area (Å²) in [6.45, 7) is 13.5. The molecule has 1 aliphatic rings. The molecule has 21 heavy (non-hydrogen) atoms. The molecule has 1 aromatic rings. The van der Waals surface area contributed by atoms with Crippen LogP contribution in [0.4, 0.5) is 0 Å². The quantitative estimate of drug-likeness (QED) is 0.703.